The van der Waals surface area contributed by atoms with Crippen molar-refractivity contribution in [2.75, 3.05) is 0 Å². The Morgan fingerprint density at radius 1 is 0.654 bits per heavy atom. The van der Waals surface area contributed by atoms with Crippen LogP contribution < -0.4 is 0 Å². The minimum absolute atomic E-state index is 0.113. The Kier molecular flexibility index (Phi) is 3.30. The first-order valence-corrected chi connectivity index (χ1v) is 8.87. The molecular weight excluding hydrogens is 333 g/mol. The number of hydrogen-bond acceptors (Lipinski definition) is 0. The molecule has 0 N–H and O–H groups in total. The normalized spacial score (nSPS) is 28.9. The molecule has 1 saturated carbocycles. The van der Waals surface area contributed by atoms with Crippen molar-refractivity contribution in [1.29, 1.82) is 0 Å². The summed E-state index contributed by atoms with van der Waals surface area (Å²) in [6.07, 6.45) is 4.79. The van der Waals surface area contributed by atoms with Crippen LogP contribution in [0.2, 0.25) is 0 Å². The summed E-state index contributed by atoms with van der Waals surface area (Å²) in [6.45, 7) is 0. The van der Waals surface area contributed by atoms with E-state index in [1.807, 2.05) is 6.07 Å². The zero-order valence-corrected chi connectivity index (χ0v) is 13.9. The van der Waals surface area contributed by atoms with Crippen molar-refractivity contribution in [3.05, 3.63) is 95.6 Å². The Hall–Kier alpha value is -2.55. The van der Waals surface area contributed by atoms with Gasteiger partial charge in [0.25, 0.3) is 0 Å². The Morgan fingerprint density at radius 2 is 1.35 bits per heavy atom. The SMILES string of the molecule is FC(F)(F)c1ccc(C2=C[C@@H]3[C@@H]4C=C[C@H]2C=C(c2ccccc2)[C@H]34)cc1. The first kappa shape index (κ1) is 15.7. The van der Waals surface area contributed by atoms with Crippen molar-refractivity contribution >= 4 is 11.1 Å². The third-order valence-electron chi connectivity index (χ3n) is 5.78. The molecule has 1 fully saturated rings. The zero-order chi connectivity index (χ0) is 17.9. The molecule has 130 valence electrons. The van der Waals surface area contributed by atoms with E-state index in [2.05, 4.69) is 48.6 Å². The van der Waals surface area contributed by atoms with E-state index in [-0.39, 0.29) is 5.92 Å². The number of hydrogen-bond donors (Lipinski definition) is 0. The molecule has 4 aliphatic carbocycles. The summed E-state index contributed by atoms with van der Waals surface area (Å²) in [7, 11) is 0. The van der Waals surface area contributed by atoms with E-state index in [1.165, 1.54) is 23.3 Å². The molecule has 0 aromatic heterocycles. The van der Waals surface area contributed by atoms with Crippen LogP contribution >= 0.6 is 0 Å². The van der Waals surface area contributed by atoms with Gasteiger partial charge < -0.3 is 0 Å². The maximum atomic E-state index is 12.8. The van der Waals surface area contributed by atoms with Crippen LogP contribution in [-0.4, -0.2) is 0 Å². The average Bonchev–Trinajstić information content (AvgIpc) is 3.39. The molecule has 2 aromatic carbocycles. The number of benzene rings is 2. The molecule has 0 saturated heterocycles. The van der Waals surface area contributed by atoms with Gasteiger partial charge in [-0.3, -0.25) is 0 Å². The van der Waals surface area contributed by atoms with Crippen LogP contribution in [0.3, 0.4) is 0 Å². The molecule has 4 bridgehead atoms. The first-order valence-electron chi connectivity index (χ1n) is 8.87. The Morgan fingerprint density at radius 3 is 2.04 bits per heavy atom. The minimum Gasteiger partial charge on any atom is -0.166 e. The summed E-state index contributed by atoms with van der Waals surface area (Å²) in [4.78, 5) is 0. The predicted molar refractivity (Wildman–Crippen MR) is 96.9 cm³/mol. The maximum absolute atomic E-state index is 12.8. The van der Waals surface area contributed by atoms with Crippen molar-refractivity contribution in [3.8, 4) is 0 Å². The second-order valence-corrected chi connectivity index (χ2v) is 7.28. The molecule has 0 aliphatic heterocycles. The van der Waals surface area contributed by atoms with Crippen LogP contribution in [0.15, 0.2) is 78.9 Å². The smallest absolute Gasteiger partial charge is 0.166 e. The van der Waals surface area contributed by atoms with E-state index in [0.717, 1.165) is 11.1 Å². The van der Waals surface area contributed by atoms with Crippen LogP contribution in [0.1, 0.15) is 16.7 Å². The fourth-order valence-corrected chi connectivity index (χ4v) is 4.42. The summed E-state index contributed by atoms with van der Waals surface area (Å²) in [5, 5.41) is 0. The Bertz CT molecular complexity index is 930. The number of rotatable bonds is 2. The summed E-state index contributed by atoms with van der Waals surface area (Å²) in [6, 6.07) is 16.0. The van der Waals surface area contributed by atoms with Gasteiger partial charge in [0.15, 0.2) is 0 Å². The Labute approximate surface area is 150 Å². The van der Waals surface area contributed by atoms with Gasteiger partial charge in [0, 0.05) is 5.92 Å². The van der Waals surface area contributed by atoms with Gasteiger partial charge in [-0.25, -0.2) is 0 Å². The molecule has 0 spiro atoms. The van der Waals surface area contributed by atoms with E-state index >= 15 is 0 Å². The van der Waals surface area contributed by atoms with Crippen LogP contribution in [-0.2, 0) is 6.18 Å². The van der Waals surface area contributed by atoms with E-state index < -0.39 is 11.7 Å². The van der Waals surface area contributed by atoms with Crippen LogP contribution in [0.5, 0.6) is 0 Å². The fourth-order valence-electron chi connectivity index (χ4n) is 4.42. The topological polar surface area (TPSA) is 0 Å². The highest BCUT2D eigenvalue weighted by molar-refractivity contribution is 5.82. The quantitative estimate of drug-likeness (QED) is 0.563. The van der Waals surface area contributed by atoms with E-state index in [4.69, 9.17) is 0 Å². The molecule has 4 atom stereocenters. The molecule has 0 radical (unpaired) electrons. The minimum atomic E-state index is -4.29. The van der Waals surface area contributed by atoms with Crippen molar-refractivity contribution < 1.29 is 13.2 Å². The van der Waals surface area contributed by atoms with Crippen molar-refractivity contribution in [2.45, 2.75) is 6.18 Å². The highest BCUT2D eigenvalue weighted by atomic mass is 19.4. The van der Waals surface area contributed by atoms with Gasteiger partial charge >= 0.3 is 6.18 Å². The van der Waals surface area contributed by atoms with Gasteiger partial charge in [0.1, 0.15) is 0 Å². The molecule has 0 amide bonds. The average molecular weight is 350 g/mol. The first-order chi connectivity index (χ1) is 12.5. The lowest BCUT2D eigenvalue weighted by atomic mass is 9.90. The molecule has 0 heterocycles. The third kappa shape index (κ3) is 2.45. The maximum Gasteiger partial charge on any atom is 0.416 e. The summed E-state index contributed by atoms with van der Waals surface area (Å²) < 4.78 is 38.5. The second-order valence-electron chi connectivity index (χ2n) is 7.28. The van der Waals surface area contributed by atoms with Crippen LogP contribution in [0.4, 0.5) is 13.2 Å². The van der Waals surface area contributed by atoms with Crippen LogP contribution in [0.25, 0.3) is 11.1 Å². The van der Waals surface area contributed by atoms with E-state index in [1.54, 1.807) is 12.1 Å². The number of allylic oxidation sites excluding steroid dienone is 6. The molecule has 26 heavy (non-hydrogen) atoms. The standard InChI is InChI=1S/C23H17F3/c24-23(25,26)17-9-6-15(7-10-17)19-13-21-18-11-8-16(19)12-20(22(18)21)14-4-2-1-3-5-14/h1-13,16,18,21-22H/t16-,18-,21+,22+/m0/s1. The zero-order valence-electron chi connectivity index (χ0n) is 13.9. The molecule has 0 nitrogen and oxygen atoms in total. The molecule has 4 aliphatic rings. The van der Waals surface area contributed by atoms with Gasteiger partial charge in [-0.2, -0.15) is 13.2 Å². The van der Waals surface area contributed by atoms with Crippen molar-refractivity contribution in [1.82, 2.24) is 0 Å². The number of halogens is 3. The van der Waals surface area contributed by atoms with E-state index in [0.29, 0.717) is 17.8 Å². The van der Waals surface area contributed by atoms with Gasteiger partial charge in [0.05, 0.1) is 5.56 Å². The third-order valence-corrected chi connectivity index (χ3v) is 5.78. The van der Waals surface area contributed by atoms with Gasteiger partial charge in [-0.15, -0.1) is 0 Å². The summed E-state index contributed by atoms with van der Waals surface area (Å²) >= 11 is 0. The van der Waals surface area contributed by atoms with E-state index in [9.17, 15) is 13.2 Å². The lowest BCUT2D eigenvalue weighted by Crippen LogP contribution is -2.05. The molecule has 0 unspecified atom stereocenters. The van der Waals surface area contributed by atoms with Gasteiger partial charge in [-0.05, 0) is 52.2 Å². The highest BCUT2D eigenvalue weighted by Crippen LogP contribution is 2.61. The molecule has 2 aromatic rings. The lowest BCUT2D eigenvalue weighted by molar-refractivity contribution is -0.137. The van der Waals surface area contributed by atoms with Gasteiger partial charge in [-0.1, -0.05) is 66.8 Å². The second kappa shape index (κ2) is 5.47. The molecule has 6 rings (SSSR count). The van der Waals surface area contributed by atoms with Gasteiger partial charge in [0.2, 0.25) is 0 Å². The molecule has 3 heteroatoms. The predicted octanol–water partition coefficient (Wildman–Crippen LogP) is 6.23. The Balaban J connectivity index is 1.54. The lowest BCUT2D eigenvalue weighted by Gasteiger charge is -2.15. The number of alkyl halides is 3. The summed E-state index contributed by atoms with van der Waals surface area (Å²) in [5.74, 6) is 1.56. The fraction of sp³-hybridized carbons (Fsp3) is 0.217. The van der Waals surface area contributed by atoms with Crippen LogP contribution in [0, 0.1) is 23.7 Å². The van der Waals surface area contributed by atoms with Crippen molar-refractivity contribution in [2.24, 2.45) is 23.7 Å². The monoisotopic (exact) mass is 350 g/mol. The summed E-state index contributed by atoms with van der Waals surface area (Å²) in [5.41, 5.74) is 4.02. The largest absolute Gasteiger partial charge is 0.416 e. The highest BCUT2D eigenvalue weighted by Gasteiger charge is 2.52. The van der Waals surface area contributed by atoms with Crippen molar-refractivity contribution in [3.63, 3.8) is 0 Å². The molecular formula is C23H17F3.